The Morgan fingerprint density at radius 2 is 2.10 bits per heavy atom. The van der Waals surface area contributed by atoms with Crippen LogP contribution in [0.2, 0.25) is 5.02 Å². The molecule has 168 valence electrons. The van der Waals surface area contributed by atoms with E-state index in [-0.39, 0.29) is 21.0 Å². The van der Waals surface area contributed by atoms with E-state index in [1.54, 1.807) is 0 Å². The van der Waals surface area contributed by atoms with Gasteiger partial charge in [0, 0.05) is 17.7 Å². The number of hydrogen-bond donors (Lipinski definition) is 2. The second-order valence-electron chi connectivity index (χ2n) is 6.81. The van der Waals surface area contributed by atoms with Crippen molar-refractivity contribution in [2.75, 3.05) is 5.32 Å². The summed E-state index contributed by atoms with van der Waals surface area (Å²) in [5, 5.41) is 5.29. The van der Waals surface area contributed by atoms with E-state index in [4.69, 9.17) is 17.3 Å². The van der Waals surface area contributed by atoms with Crippen LogP contribution in [-0.4, -0.2) is 34.0 Å². The number of aromatic nitrogens is 2. The molecule has 31 heavy (non-hydrogen) atoms. The summed E-state index contributed by atoms with van der Waals surface area (Å²) in [5.74, 6) is -1.89. The van der Waals surface area contributed by atoms with E-state index >= 15 is 0 Å². The van der Waals surface area contributed by atoms with Crippen LogP contribution in [0.4, 0.5) is 32.0 Å². The molecule has 14 heteroatoms. The maximum Gasteiger partial charge on any atom is 0.425 e. The lowest BCUT2D eigenvalue weighted by Gasteiger charge is -2.36. The number of anilines is 1. The number of aliphatic imine (C=N–C) groups is 1. The molecule has 0 radical (unpaired) electrons. The normalized spacial score (nSPS) is 21.6. The molecule has 1 aromatic carbocycles. The number of ether oxygens (including phenoxy) is 1. The van der Waals surface area contributed by atoms with Gasteiger partial charge in [0.15, 0.2) is 11.8 Å². The third-order valence-electron chi connectivity index (χ3n) is 4.47. The van der Waals surface area contributed by atoms with Crippen molar-refractivity contribution in [2.24, 2.45) is 10.7 Å². The van der Waals surface area contributed by atoms with Crippen LogP contribution in [0.15, 0.2) is 29.4 Å². The van der Waals surface area contributed by atoms with E-state index in [9.17, 15) is 31.1 Å². The Kier molecular flexibility index (Phi) is 5.82. The van der Waals surface area contributed by atoms with Gasteiger partial charge in [-0.05, 0) is 25.1 Å². The van der Waals surface area contributed by atoms with Crippen molar-refractivity contribution in [1.29, 1.82) is 0 Å². The summed E-state index contributed by atoms with van der Waals surface area (Å²) < 4.78 is 84.0. The van der Waals surface area contributed by atoms with Crippen molar-refractivity contribution in [2.45, 2.75) is 37.7 Å². The molecular weight excluding hydrogens is 456 g/mol. The Balaban J connectivity index is 1.92. The van der Waals surface area contributed by atoms with Gasteiger partial charge in [0.05, 0.1) is 16.8 Å². The zero-order valence-electron chi connectivity index (χ0n) is 15.6. The van der Waals surface area contributed by atoms with E-state index in [0.717, 1.165) is 24.4 Å². The van der Waals surface area contributed by atoms with Crippen molar-refractivity contribution >= 4 is 29.2 Å². The molecule has 0 fully saturated rings. The topological polar surface area (TPSA) is 94.5 Å². The number of benzene rings is 1. The molecule has 3 N–H and O–H groups in total. The second-order valence-corrected chi connectivity index (χ2v) is 7.22. The highest BCUT2D eigenvalue weighted by atomic mass is 35.5. The number of amides is 1. The summed E-state index contributed by atoms with van der Waals surface area (Å²) in [5.41, 5.74) is 2.73. The first kappa shape index (κ1) is 22.7. The van der Waals surface area contributed by atoms with E-state index in [1.807, 2.05) is 0 Å². The molecule has 3 rings (SSSR count). The molecule has 0 saturated heterocycles. The van der Waals surface area contributed by atoms with Gasteiger partial charge in [0.1, 0.15) is 5.82 Å². The van der Waals surface area contributed by atoms with Crippen LogP contribution in [0, 0.1) is 5.82 Å². The highest BCUT2D eigenvalue weighted by Gasteiger charge is 2.50. The molecule has 0 unspecified atom stereocenters. The van der Waals surface area contributed by atoms with Gasteiger partial charge in [-0.3, -0.25) is 4.79 Å². The van der Waals surface area contributed by atoms with E-state index in [1.165, 1.54) is 6.92 Å². The summed E-state index contributed by atoms with van der Waals surface area (Å²) in [7, 11) is 0. The first-order chi connectivity index (χ1) is 14.3. The van der Waals surface area contributed by atoms with Crippen LogP contribution in [0.5, 0.6) is 0 Å². The zero-order chi connectivity index (χ0) is 23.1. The third-order valence-corrected chi connectivity index (χ3v) is 4.75. The summed E-state index contributed by atoms with van der Waals surface area (Å²) in [6.45, 7) is -1.80. The molecule has 7 nitrogen and oxygen atoms in total. The van der Waals surface area contributed by atoms with Crippen LogP contribution in [0.25, 0.3) is 0 Å². The number of nitrogens with one attached hydrogen (secondary N) is 1. The molecule has 2 aromatic rings. The van der Waals surface area contributed by atoms with Crippen molar-refractivity contribution in [3.8, 4) is 0 Å². The van der Waals surface area contributed by atoms with Crippen molar-refractivity contribution in [1.82, 2.24) is 9.78 Å². The zero-order valence-corrected chi connectivity index (χ0v) is 16.3. The van der Waals surface area contributed by atoms with Gasteiger partial charge in [-0.1, -0.05) is 11.6 Å². The van der Waals surface area contributed by atoms with Gasteiger partial charge in [-0.2, -0.15) is 27.1 Å². The Hall–Kier alpha value is -2.96. The number of hydrogen-bond acceptors (Lipinski definition) is 5. The quantitative estimate of drug-likeness (QED) is 0.656. The highest BCUT2D eigenvalue weighted by Crippen LogP contribution is 2.41. The maximum atomic E-state index is 14.5. The average Bonchev–Trinajstić information content (AvgIpc) is 3.04. The smallest absolute Gasteiger partial charge is 0.425 e. The summed E-state index contributed by atoms with van der Waals surface area (Å²) in [6.07, 6.45) is -7.11. The third kappa shape index (κ3) is 4.70. The fourth-order valence-corrected chi connectivity index (χ4v) is 3.27. The van der Waals surface area contributed by atoms with Crippen LogP contribution >= 0.6 is 11.6 Å². The number of amidine groups is 1. The lowest BCUT2D eigenvalue weighted by Crippen LogP contribution is -2.46. The summed E-state index contributed by atoms with van der Waals surface area (Å²) in [4.78, 5) is 16.2. The lowest BCUT2D eigenvalue weighted by molar-refractivity contribution is -0.208. The van der Waals surface area contributed by atoms with Gasteiger partial charge in [-0.15, -0.1) is 0 Å². The lowest BCUT2D eigenvalue weighted by atomic mass is 9.85. The average molecular weight is 470 g/mol. The van der Waals surface area contributed by atoms with Gasteiger partial charge in [-0.25, -0.2) is 14.1 Å². The Morgan fingerprint density at radius 1 is 1.42 bits per heavy atom. The molecule has 1 amide bonds. The number of alkyl halides is 5. The standard InChI is InChI=1S/C17H14ClF6N5O2/c1-16(5-11(17(22,23)24)31-15(25)27-16)8-4-7(2-3-10(8)19)26-13(30)12-9(18)6-29(28-12)14(20)21/h2-4,6,11,14H,5H2,1H3,(H2,25,27)(H,26,30)/t11-,16+/m0/s1. The Morgan fingerprint density at radius 3 is 2.68 bits per heavy atom. The van der Waals surface area contributed by atoms with Crippen molar-refractivity contribution in [3.63, 3.8) is 0 Å². The van der Waals surface area contributed by atoms with Gasteiger partial charge >= 0.3 is 12.7 Å². The SMILES string of the molecule is C[C@]1(c2cc(NC(=O)c3nn(C(F)F)cc3Cl)ccc2F)C[C@@H](C(F)(F)F)OC(N)=N1. The first-order valence-electron chi connectivity index (χ1n) is 8.53. The molecule has 0 spiro atoms. The number of rotatable bonds is 4. The number of carbonyl (C=O) groups is 1. The molecule has 1 aromatic heterocycles. The number of carbonyl (C=O) groups excluding carboxylic acids is 1. The van der Waals surface area contributed by atoms with Crippen molar-refractivity contribution < 1.29 is 35.9 Å². The number of halogens is 7. The Labute approximate surface area is 175 Å². The minimum atomic E-state index is -4.77. The van der Waals surface area contributed by atoms with Crippen LogP contribution in [0.1, 0.15) is 35.9 Å². The molecule has 0 aliphatic carbocycles. The van der Waals surface area contributed by atoms with E-state index in [0.29, 0.717) is 0 Å². The minimum absolute atomic E-state index is 0.0610. The molecule has 1 aliphatic rings. The first-order valence-corrected chi connectivity index (χ1v) is 8.91. The van der Waals surface area contributed by atoms with Crippen LogP contribution in [-0.2, 0) is 10.3 Å². The molecule has 0 saturated carbocycles. The molecule has 1 aliphatic heterocycles. The van der Waals surface area contributed by atoms with Crippen molar-refractivity contribution in [3.05, 3.63) is 46.5 Å². The monoisotopic (exact) mass is 469 g/mol. The highest BCUT2D eigenvalue weighted by molar-refractivity contribution is 6.34. The summed E-state index contributed by atoms with van der Waals surface area (Å²) >= 11 is 5.74. The molecule has 0 bridgehead atoms. The predicted octanol–water partition coefficient (Wildman–Crippen LogP) is 4.20. The predicted molar refractivity (Wildman–Crippen MR) is 97.4 cm³/mol. The van der Waals surface area contributed by atoms with E-state index in [2.05, 4.69) is 20.1 Å². The maximum absolute atomic E-state index is 14.5. The molecule has 2 atom stereocenters. The minimum Gasteiger partial charge on any atom is -0.452 e. The second kappa shape index (κ2) is 7.94. The number of nitrogens with zero attached hydrogens (tertiary/aromatic N) is 3. The van der Waals surface area contributed by atoms with E-state index < -0.39 is 54.2 Å². The molecular formula is C17H14ClF6N5O2. The van der Waals surface area contributed by atoms with Gasteiger partial charge in [0.2, 0.25) is 0 Å². The van der Waals surface area contributed by atoms with Crippen LogP contribution in [0.3, 0.4) is 0 Å². The van der Waals surface area contributed by atoms with Crippen LogP contribution < -0.4 is 11.1 Å². The Bertz CT molecular complexity index is 1040. The van der Waals surface area contributed by atoms with Gasteiger partial charge in [0.25, 0.3) is 11.9 Å². The fourth-order valence-electron chi connectivity index (χ4n) is 3.05. The largest absolute Gasteiger partial charge is 0.452 e. The van der Waals surface area contributed by atoms with Gasteiger partial charge < -0.3 is 15.8 Å². The summed E-state index contributed by atoms with van der Waals surface area (Å²) in [6, 6.07) is 2.31. The molecule has 2 heterocycles. The number of nitrogens with two attached hydrogens (primary N) is 1. The fraction of sp³-hybridized carbons (Fsp3) is 0.353.